The number of hydrogen-bond acceptors (Lipinski definition) is 4. The molecule has 3 heterocycles. The van der Waals surface area contributed by atoms with Gasteiger partial charge in [-0.2, -0.15) is 0 Å². The van der Waals surface area contributed by atoms with E-state index in [9.17, 15) is 4.79 Å². The molecule has 0 N–H and O–H groups in total. The summed E-state index contributed by atoms with van der Waals surface area (Å²) in [6, 6.07) is 8.27. The molecule has 0 radical (unpaired) electrons. The van der Waals surface area contributed by atoms with E-state index in [-0.39, 0.29) is 11.3 Å². The SMILES string of the molecule is COCCN1C(=O)C2(CCN(Cc3nccn3C)CC2)c2ccccc21. The molecule has 6 heteroatoms. The average molecular weight is 354 g/mol. The van der Waals surface area contributed by atoms with Crippen molar-refractivity contribution in [1.82, 2.24) is 14.5 Å². The van der Waals surface area contributed by atoms with E-state index in [0.29, 0.717) is 13.2 Å². The molecular weight excluding hydrogens is 328 g/mol. The third kappa shape index (κ3) is 2.73. The van der Waals surface area contributed by atoms with Crippen molar-refractivity contribution in [2.45, 2.75) is 24.8 Å². The summed E-state index contributed by atoms with van der Waals surface area (Å²) in [5.41, 5.74) is 1.88. The lowest BCUT2D eigenvalue weighted by Crippen LogP contribution is -2.49. The molecule has 1 amide bonds. The van der Waals surface area contributed by atoms with Crippen LogP contribution in [-0.4, -0.2) is 53.7 Å². The van der Waals surface area contributed by atoms with Crippen molar-refractivity contribution in [3.63, 3.8) is 0 Å². The van der Waals surface area contributed by atoms with Gasteiger partial charge in [0.25, 0.3) is 0 Å². The number of para-hydroxylation sites is 1. The number of ether oxygens (including phenoxy) is 1. The monoisotopic (exact) mass is 354 g/mol. The molecule has 1 aromatic carbocycles. The van der Waals surface area contributed by atoms with Crippen LogP contribution in [0.1, 0.15) is 24.2 Å². The number of hydrogen-bond donors (Lipinski definition) is 0. The number of fused-ring (bicyclic) bond motifs is 2. The number of imidazole rings is 1. The zero-order valence-electron chi connectivity index (χ0n) is 15.5. The Kier molecular flexibility index (Phi) is 4.54. The molecule has 1 saturated heterocycles. The first-order chi connectivity index (χ1) is 12.7. The van der Waals surface area contributed by atoms with Gasteiger partial charge >= 0.3 is 0 Å². The summed E-state index contributed by atoms with van der Waals surface area (Å²) in [7, 11) is 3.70. The maximum absolute atomic E-state index is 13.4. The van der Waals surface area contributed by atoms with Crippen LogP contribution >= 0.6 is 0 Å². The van der Waals surface area contributed by atoms with E-state index in [4.69, 9.17) is 4.74 Å². The zero-order valence-corrected chi connectivity index (χ0v) is 15.5. The molecule has 2 aliphatic rings. The number of benzene rings is 1. The van der Waals surface area contributed by atoms with Gasteiger partial charge in [0.15, 0.2) is 0 Å². The Morgan fingerprint density at radius 2 is 2.00 bits per heavy atom. The smallest absolute Gasteiger partial charge is 0.237 e. The number of carbonyl (C=O) groups is 1. The van der Waals surface area contributed by atoms with E-state index in [1.54, 1.807) is 7.11 Å². The third-order valence-corrected chi connectivity index (χ3v) is 5.88. The molecule has 0 atom stereocenters. The highest BCUT2D eigenvalue weighted by molar-refractivity contribution is 6.08. The first kappa shape index (κ1) is 17.2. The zero-order chi connectivity index (χ0) is 18.1. The van der Waals surface area contributed by atoms with Gasteiger partial charge in [-0.15, -0.1) is 0 Å². The van der Waals surface area contributed by atoms with Gasteiger partial charge in [0.2, 0.25) is 5.91 Å². The van der Waals surface area contributed by atoms with Crippen LogP contribution in [0.25, 0.3) is 0 Å². The predicted molar refractivity (Wildman–Crippen MR) is 100 cm³/mol. The number of amides is 1. The van der Waals surface area contributed by atoms with Gasteiger partial charge in [-0.05, 0) is 37.6 Å². The molecule has 0 unspecified atom stereocenters. The van der Waals surface area contributed by atoms with Crippen molar-refractivity contribution < 1.29 is 9.53 Å². The second-order valence-electron chi connectivity index (χ2n) is 7.28. The normalized spacial score (nSPS) is 19.3. The topological polar surface area (TPSA) is 50.6 Å². The van der Waals surface area contributed by atoms with E-state index in [1.807, 2.05) is 36.5 Å². The molecule has 1 spiro atoms. The largest absolute Gasteiger partial charge is 0.383 e. The number of nitrogens with zero attached hydrogens (tertiary/aromatic N) is 4. The Labute approximate surface area is 154 Å². The van der Waals surface area contributed by atoms with Gasteiger partial charge in [-0.3, -0.25) is 9.69 Å². The van der Waals surface area contributed by atoms with E-state index in [0.717, 1.165) is 44.0 Å². The molecule has 138 valence electrons. The van der Waals surface area contributed by atoms with E-state index in [1.165, 1.54) is 5.56 Å². The predicted octanol–water partition coefficient (Wildman–Crippen LogP) is 1.95. The molecule has 4 rings (SSSR count). The quantitative estimate of drug-likeness (QED) is 0.824. The Morgan fingerprint density at radius 1 is 1.23 bits per heavy atom. The van der Waals surface area contributed by atoms with Crippen molar-refractivity contribution >= 4 is 11.6 Å². The average Bonchev–Trinajstić information content (AvgIpc) is 3.16. The van der Waals surface area contributed by atoms with Crippen LogP contribution in [0, 0.1) is 0 Å². The molecule has 0 saturated carbocycles. The van der Waals surface area contributed by atoms with Gasteiger partial charge in [0.05, 0.1) is 18.6 Å². The van der Waals surface area contributed by atoms with Gasteiger partial charge in [-0.25, -0.2) is 4.98 Å². The second-order valence-corrected chi connectivity index (χ2v) is 7.28. The second kappa shape index (κ2) is 6.85. The Balaban J connectivity index is 1.54. The summed E-state index contributed by atoms with van der Waals surface area (Å²) in [6.45, 7) is 3.82. The molecule has 6 nitrogen and oxygen atoms in total. The van der Waals surface area contributed by atoms with Crippen molar-refractivity contribution in [3.8, 4) is 0 Å². The van der Waals surface area contributed by atoms with E-state index in [2.05, 4.69) is 26.6 Å². The lowest BCUT2D eigenvalue weighted by Gasteiger charge is -2.38. The van der Waals surface area contributed by atoms with Crippen LogP contribution < -0.4 is 4.90 Å². The minimum absolute atomic E-state index is 0.243. The summed E-state index contributed by atoms with van der Waals surface area (Å²) in [5.74, 6) is 1.31. The molecule has 2 aliphatic heterocycles. The fraction of sp³-hybridized carbons (Fsp3) is 0.500. The number of aryl methyl sites for hydroxylation is 1. The number of aromatic nitrogens is 2. The number of anilines is 1. The van der Waals surface area contributed by atoms with Gasteiger partial charge in [-0.1, -0.05) is 18.2 Å². The Bertz CT molecular complexity index is 793. The van der Waals surface area contributed by atoms with Gasteiger partial charge in [0, 0.05) is 38.8 Å². The third-order valence-electron chi connectivity index (χ3n) is 5.88. The molecule has 0 aliphatic carbocycles. The van der Waals surface area contributed by atoms with Crippen LogP contribution in [0.2, 0.25) is 0 Å². The number of rotatable bonds is 5. The van der Waals surface area contributed by atoms with Gasteiger partial charge in [0.1, 0.15) is 5.82 Å². The maximum Gasteiger partial charge on any atom is 0.237 e. The first-order valence-corrected chi connectivity index (χ1v) is 9.25. The van der Waals surface area contributed by atoms with Crippen LogP contribution in [0.4, 0.5) is 5.69 Å². The van der Waals surface area contributed by atoms with Crippen LogP contribution in [-0.2, 0) is 28.5 Å². The Hall–Kier alpha value is -2.18. The van der Waals surface area contributed by atoms with Crippen molar-refractivity contribution in [2.75, 3.05) is 38.3 Å². The summed E-state index contributed by atoms with van der Waals surface area (Å²) in [5, 5.41) is 0. The number of carbonyl (C=O) groups excluding carboxylic acids is 1. The van der Waals surface area contributed by atoms with Crippen molar-refractivity contribution in [2.24, 2.45) is 7.05 Å². The van der Waals surface area contributed by atoms with Crippen molar-refractivity contribution in [3.05, 3.63) is 48.0 Å². The summed E-state index contributed by atoms with van der Waals surface area (Å²) in [4.78, 5) is 22.1. The number of likely N-dealkylation sites (tertiary alicyclic amines) is 1. The molecule has 0 bridgehead atoms. The first-order valence-electron chi connectivity index (χ1n) is 9.25. The lowest BCUT2D eigenvalue weighted by molar-refractivity contribution is -0.125. The van der Waals surface area contributed by atoms with E-state index >= 15 is 0 Å². The highest BCUT2D eigenvalue weighted by Gasteiger charge is 2.51. The number of methoxy groups -OCH3 is 1. The summed E-state index contributed by atoms with van der Waals surface area (Å²) in [6.07, 6.45) is 5.53. The summed E-state index contributed by atoms with van der Waals surface area (Å²) >= 11 is 0. The highest BCUT2D eigenvalue weighted by atomic mass is 16.5. The molecule has 2 aromatic rings. The summed E-state index contributed by atoms with van der Waals surface area (Å²) < 4.78 is 7.28. The van der Waals surface area contributed by atoms with Crippen molar-refractivity contribution in [1.29, 1.82) is 0 Å². The Morgan fingerprint density at radius 3 is 2.69 bits per heavy atom. The molecule has 1 fully saturated rings. The van der Waals surface area contributed by atoms with Crippen LogP contribution in [0.3, 0.4) is 0 Å². The van der Waals surface area contributed by atoms with Gasteiger partial charge < -0.3 is 14.2 Å². The minimum Gasteiger partial charge on any atom is -0.383 e. The minimum atomic E-state index is -0.373. The fourth-order valence-corrected chi connectivity index (χ4v) is 4.33. The standard InChI is InChI=1S/C20H26N4O2/c1-22-12-9-21-18(22)15-23-10-7-20(8-11-23)16-5-3-4-6-17(16)24(19(20)25)13-14-26-2/h3-6,9,12H,7-8,10-11,13-15H2,1-2H3. The van der Waals surface area contributed by atoms with Crippen LogP contribution in [0.15, 0.2) is 36.7 Å². The fourth-order valence-electron chi connectivity index (χ4n) is 4.33. The van der Waals surface area contributed by atoms with E-state index < -0.39 is 0 Å². The molecule has 1 aromatic heterocycles. The maximum atomic E-state index is 13.4. The highest BCUT2D eigenvalue weighted by Crippen LogP contribution is 2.47. The van der Waals surface area contributed by atoms with Crippen LogP contribution in [0.5, 0.6) is 0 Å². The lowest BCUT2D eigenvalue weighted by atomic mass is 9.73. The molecule has 26 heavy (non-hydrogen) atoms. The number of piperidine rings is 1. The molecular formula is C20H26N4O2.